The molecule has 0 aliphatic heterocycles. The van der Waals surface area contributed by atoms with Crippen LogP contribution >= 0.6 is 11.3 Å². The maximum absolute atomic E-state index is 13.6. The van der Waals surface area contributed by atoms with Crippen LogP contribution in [0.4, 0.5) is 0 Å². The lowest BCUT2D eigenvalue weighted by atomic mass is 10.1. The van der Waals surface area contributed by atoms with E-state index >= 15 is 0 Å². The minimum Gasteiger partial charge on any atom is -0.352 e. The van der Waals surface area contributed by atoms with Gasteiger partial charge in [-0.15, -0.1) is 11.3 Å². The Morgan fingerprint density at radius 1 is 1.06 bits per heavy atom. The zero-order chi connectivity index (χ0) is 24.5. The molecule has 4 aromatic heterocycles. The fraction of sp³-hybridized carbons (Fsp3) is 0.192. The molecule has 1 N–H and O–H groups in total. The van der Waals surface area contributed by atoms with Crippen molar-refractivity contribution in [2.75, 3.05) is 0 Å². The quantitative estimate of drug-likeness (QED) is 0.396. The van der Waals surface area contributed by atoms with E-state index in [1.54, 1.807) is 12.4 Å². The van der Waals surface area contributed by atoms with Gasteiger partial charge >= 0.3 is 0 Å². The van der Waals surface area contributed by atoms with Gasteiger partial charge in [-0.3, -0.25) is 19.0 Å². The van der Waals surface area contributed by atoms with Crippen LogP contribution in [0.2, 0.25) is 0 Å². The molecule has 1 amide bonds. The van der Waals surface area contributed by atoms with E-state index < -0.39 is 0 Å². The molecule has 0 atom stereocenters. The standard InChI is InChI=1S/C26H24N6O2S/c1-16-4-6-20(7-5-16)32-17(2)12-22(30-32)24-18(3)29-26-31(25(24)34)21(15-35-26)13-23(33)28-14-19-8-10-27-11-9-19/h4-12,15H,13-14H2,1-3H3,(H,28,33). The van der Waals surface area contributed by atoms with Crippen LogP contribution in [0, 0.1) is 20.8 Å². The first-order valence-electron chi connectivity index (χ1n) is 11.2. The first kappa shape index (κ1) is 22.7. The summed E-state index contributed by atoms with van der Waals surface area (Å²) in [6.45, 7) is 6.21. The van der Waals surface area contributed by atoms with Gasteiger partial charge in [0, 0.05) is 35.7 Å². The van der Waals surface area contributed by atoms with Crippen LogP contribution in [0.25, 0.3) is 21.9 Å². The number of pyridine rings is 1. The van der Waals surface area contributed by atoms with Crippen LogP contribution in [0.5, 0.6) is 0 Å². The molecule has 5 aromatic rings. The molecule has 5 rings (SSSR count). The van der Waals surface area contributed by atoms with Crippen LogP contribution in [-0.2, 0) is 17.8 Å². The summed E-state index contributed by atoms with van der Waals surface area (Å²) in [5, 5.41) is 9.44. The molecular weight excluding hydrogens is 460 g/mol. The van der Waals surface area contributed by atoms with Gasteiger partial charge in [-0.05, 0) is 56.7 Å². The number of thiazole rings is 1. The molecule has 0 bridgehead atoms. The predicted molar refractivity (Wildman–Crippen MR) is 136 cm³/mol. The molecule has 35 heavy (non-hydrogen) atoms. The number of carbonyl (C=O) groups excluding carboxylic acids is 1. The fourth-order valence-electron chi connectivity index (χ4n) is 4.00. The maximum atomic E-state index is 13.6. The highest BCUT2D eigenvalue weighted by molar-refractivity contribution is 7.15. The molecule has 0 aliphatic rings. The van der Waals surface area contributed by atoms with Crippen LogP contribution in [-0.4, -0.2) is 30.1 Å². The van der Waals surface area contributed by atoms with E-state index in [2.05, 4.69) is 15.3 Å². The topological polar surface area (TPSA) is 94.2 Å². The Morgan fingerprint density at radius 2 is 1.80 bits per heavy atom. The molecule has 8 nitrogen and oxygen atoms in total. The molecular formula is C26H24N6O2S. The smallest absolute Gasteiger partial charge is 0.268 e. The van der Waals surface area contributed by atoms with Crippen molar-refractivity contribution in [2.45, 2.75) is 33.7 Å². The Bertz CT molecular complexity index is 1580. The third-order valence-corrected chi connectivity index (χ3v) is 6.70. The second-order valence-electron chi connectivity index (χ2n) is 8.45. The molecule has 0 spiro atoms. The van der Waals surface area contributed by atoms with Crippen molar-refractivity contribution in [1.82, 2.24) is 29.5 Å². The molecule has 1 aromatic carbocycles. The number of aromatic nitrogens is 5. The zero-order valence-corrected chi connectivity index (χ0v) is 20.5. The highest BCUT2D eigenvalue weighted by Gasteiger charge is 2.20. The van der Waals surface area contributed by atoms with Crippen molar-refractivity contribution >= 4 is 22.2 Å². The van der Waals surface area contributed by atoms with Gasteiger partial charge in [0.15, 0.2) is 4.96 Å². The van der Waals surface area contributed by atoms with Crippen LogP contribution < -0.4 is 10.9 Å². The maximum Gasteiger partial charge on any atom is 0.268 e. The molecule has 176 valence electrons. The van der Waals surface area contributed by atoms with E-state index in [1.165, 1.54) is 15.7 Å². The third kappa shape index (κ3) is 4.50. The van der Waals surface area contributed by atoms with E-state index in [-0.39, 0.29) is 17.9 Å². The second kappa shape index (κ2) is 9.27. The number of hydrogen-bond acceptors (Lipinski definition) is 6. The predicted octanol–water partition coefficient (Wildman–Crippen LogP) is 3.79. The number of amides is 1. The number of nitrogens with zero attached hydrogens (tertiary/aromatic N) is 5. The summed E-state index contributed by atoms with van der Waals surface area (Å²) in [6, 6.07) is 13.7. The van der Waals surface area contributed by atoms with Gasteiger partial charge in [-0.25, -0.2) is 9.67 Å². The number of rotatable bonds is 6. The van der Waals surface area contributed by atoms with Crippen LogP contribution in [0.1, 0.15) is 28.2 Å². The van der Waals surface area contributed by atoms with Gasteiger partial charge in [0.2, 0.25) is 5.91 Å². The molecule has 0 aliphatic carbocycles. The first-order chi connectivity index (χ1) is 16.9. The van der Waals surface area contributed by atoms with Gasteiger partial charge in [0.25, 0.3) is 5.56 Å². The monoisotopic (exact) mass is 484 g/mol. The van der Waals surface area contributed by atoms with Crippen LogP contribution in [0.15, 0.2) is 65.0 Å². The molecule has 4 heterocycles. The molecule has 0 fully saturated rings. The normalized spacial score (nSPS) is 11.2. The number of fused-ring (bicyclic) bond motifs is 1. The van der Waals surface area contributed by atoms with Crippen molar-refractivity contribution in [1.29, 1.82) is 0 Å². The van der Waals surface area contributed by atoms with Crippen molar-refractivity contribution in [2.24, 2.45) is 0 Å². The Hall–Kier alpha value is -4.11. The lowest BCUT2D eigenvalue weighted by Gasteiger charge is -2.07. The molecule has 0 radical (unpaired) electrons. The summed E-state index contributed by atoms with van der Waals surface area (Å²) in [6.07, 6.45) is 3.45. The van der Waals surface area contributed by atoms with Gasteiger partial charge in [0.1, 0.15) is 5.69 Å². The van der Waals surface area contributed by atoms with Gasteiger partial charge in [0.05, 0.1) is 23.4 Å². The van der Waals surface area contributed by atoms with E-state index in [0.717, 1.165) is 22.5 Å². The fourth-order valence-corrected chi connectivity index (χ4v) is 4.92. The molecule has 0 saturated carbocycles. The summed E-state index contributed by atoms with van der Waals surface area (Å²) in [4.78, 5) is 35.4. The highest BCUT2D eigenvalue weighted by atomic mass is 32.1. The van der Waals surface area contributed by atoms with Gasteiger partial charge in [-0.1, -0.05) is 17.7 Å². The Balaban J connectivity index is 1.47. The van der Waals surface area contributed by atoms with Crippen molar-refractivity contribution in [3.8, 4) is 16.9 Å². The lowest BCUT2D eigenvalue weighted by Crippen LogP contribution is -2.27. The Morgan fingerprint density at radius 3 is 2.54 bits per heavy atom. The third-order valence-electron chi connectivity index (χ3n) is 5.82. The van der Waals surface area contributed by atoms with E-state index in [0.29, 0.717) is 34.2 Å². The molecule has 0 saturated heterocycles. The van der Waals surface area contributed by atoms with Gasteiger partial charge < -0.3 is 5.32 Å². The number of nitrogens with one attached hydrogen (secondary N) is 1. The zero-order valence-electron chi connectivity index (χ0n) is 19.6. The number of benzene rings is 1. The average Bonchev–Trinajstić information content (AvgIpc) is 3.42. The minimum absolute atomic E-state index is 0.0754. The Kier molecular flexibility index (Phi) is 6.00. The summed E-state index contributed by atoms with van der Waals surface area (Å²) in [7, 11) is 0. The van der Waals surface area contributed by atoms with E-state index in [4.69, 9.17) is 5.10 Å². The van der Waals surface area contributed by atoms with Crippen molar-refractivity contribution in [3.63, 3.8) is 0 Å². The lowest BCUT2D eigenvalue weighted by molar-refractivity contribution is -0.120. The van der Waals surface area contributed by atoms with E-state index in [9.17, 15) is 9.59 Å². The highest BCUT2D eigenvalue weighted by Crippen LogP contribution is 2.23. The summed E-state index contributed by atoms with van der Waals surface area (Å²) < 4.78 is 3.35. The number of hydrogen-bond donors (Lipinski definition) is 1. The average molecular weight is 485 g/mol. The summed E-state index contributed by atoms with van der Waals surface area (Å²) in [5.74, 6) is -0.171. The van der Waals surface area contributed by atoms with Crippen LogP contribution in [0.3, 0.4) is 0 Å². The SMILES string of the molecule is Cc1ccc(-n2nc(-c3c(C)nc4scc(CC(=O)NCc5ccncc5)n4c3=O)cc2C)cc1. The Labute approximate surface area is 205 Å². The number of carbonyl (C=O) groups is 1. The minimum atomic E-state index is -0.223. The summed E-state index contributed by atoms with van der Waals surface area (Å²) in [5.41, 5.74) is 5.95. The first-order valence-corrected chi connectivity index (χ1v) is 12.1. The second-order valence-corrected chi connectivity index (χ2v) is 9.29. The number of aryl methyl sites for hydroxylation is 3. The summed E-state index contributed by atoms with van der Waals surface area (Å²) >= 11 is 1.35. The van der Waals surface area contributed by atoms with E-state index in [1.807, 2.05) is 73.3 Å². The molecule has 0 unspecified atom stereocenters. The largest absolute Gasteiger partial charge is 0.352 e. The van der Waals surface area contributed by atoms with Crippen molar-refractivity contribution in [3.05, 3.63) is 98.8 Å². The molecule has 9 heteroatoms. The van der Waals surface area contributed by atoms with Crippen molar-refractivity contribution < 1.29 is 4.79 Å². The van der Waals surface area contributed by atoms with Gasteiger partial charge in [-0.2, -0.15) is 5.10 Å².